The minimum Gasteiger partial charge on any atom is -0.348 e. The second-order valence-electron chi connectivity index (χ2n) is 4.89. The van der Waals surface area contributed by atoms with Crippen molar-refractivity contribution in [1.82, 2.24) is 9.97 Å². The van der Waals surface area contributed by atoms with Crippen LogP contribution in [0, 0.1) is 0 Å². The highest BCUT2D eigenvalue weighted by atomic mass is 15.2. The molecule has 21 heavy (non-hydrogen) atoms. The number of aromatic nitrogens is 2. The Morgan fingerprint density at radius 1 is 0.714 bits per heavy atom. The summed E-state index contributed by atoms with van der Waals surface area (Å²) in [5.74, 6) is 0.942. The number of benzene rings is 2. The molecule has 0 saturated carbocycles. The van der Waals surface area contributed by atoms with Crippen LogP contribution in [0.25, 0.3) is 0 Å². The number of nitrogens with zero attached hydrogens (tertiary/aromatic N) is 3. The van der Waals surface area contributed by atoms with Gasteiger partial charge in [-0.2, -0.15) is 0 Å². The van der Waals surface area contributed by atoms with Gasteiger partial charge in [-0.05, 0) is 17.2 Å². The molecule has 0 aliphatic carbocycles. The summed E-state index contributed by atoms with van der Waals surface area (Å²) in [4.78, 5) is 10.6. The number of anilines is 1. The third-order valence-corrected chi connectivity index (χ3v) is 3.32. The van der Waals surface area contributed by atoms with Gasteiger partial charge in [0.2, 0.25) is 0 Å². The highest BCUT2D eigenvalue weighted by Gasteiger charge is 2.09. The van der Waals surface area contributed by atoms with Crippen LogP contribution in [0.4, 0.5) is 5.82 Å². The van der Waals surface area contributed by atoms with Crippen LogP contribution in [0.15, 0.2) is 79.3 Å². The van der Waals surface area contributed by atoms with Crippen LogP contribution in [-0.2, 0) is 13.1 Å². The summed E-state index contributed by atoms with van der Waals surface area (Å²) in [5.41, 5.74) is 2.54. The molecule has 0 saturated heterocycles. The van der Waals surface area contributed by atoms with Crippen molar-refractivity contribution >= 4 is 5.82 Å². The molecule has 0 unspecified atom stereocenters. The van der Waals surface area contributed by atoms with Gasteiger partial charge in [0.25, 0.3) is 0 Å². The summed E-state index contributed by atoms with van der Waals surface area (Å²) < 4.78 is 0. The van der Waals surface area contributed by atoms with E-state index < -0.39 is 0 Å². The molecule has 1 aromatic heterocycles. The molecule has 3 rings (SSSR count). The van der Waals surface area contributed by atoms with Crippen LogP contribution in [0.1, 0.15) is 11.1 Å². The molecule has 0 amide bonds. The Balaban J connectivity index is 1.84. The molecule has 0 aliphatic rings. The number of hydrogen-bond acceptors (Lipinski definition) is 3. The van der Waals surface area contributed by atoms with E-state index in [0.29, 0.717) is 0 Å². The van der Waals surface area contributed by atoms with Crippen molar-refractivity contribution in [3.8, 4) is 0 Å². The second-order valence-corrected chi connectivity index (χ2v) is 4.89. The lowest BCUT2D eigenvalue weighted by molar-refractivity contribution is 0.780. The Morgan fingerprint density at radius 2 is 1.29 bits per heavy atom. The van der Waals surface area contributed by atoms with Gasteiger partial charge in [0, 0.05) is 19.3 Å². The van der Waals surface area contributed by atoms with Gasteiger partial charge >= 0.3 is 0 Å². The zero-order valence-corrected chi connectivity index (χ0v) is 11.8. The van der Waals surface area contributed by atoms with Gasteiger partial charge in [0.15, 0.2) is 0 Å². The van der Waals surface area contributed by atoms with Gasteiger partial charge in [-0.3, -0.25) is 0 Å². The maximum atomic E-state index is 4.39. The van der Waals surface area contributed by atoms with E-state index >= 15 is 0 Å². The molecule has 3 heteroatoms. The third kappa shape index (κ3) is 3.66. The lowest BCUT2D eigenvalue weighted by atomic mass is 10.1. The van der Waals surface area contributed by atoms with Crippen LogP contribution < -0.4 is 4.90 Å². The van der Waals surface area contributed by atoms with Crippen LogP contribution in [0.3, 0.4) is 0 Å². The van der Waals surface area contributed by atoms with Crippen molar-refractivity contribution in [2.75, 3.05) is 4.90 Å². The largest absolute Gasteiger partial charge is 0.348 e. The molecule has 0 fully saturated rings. The zero-order chi connectivity index (χ0) is 14.3. The highest BCUT2D eigenvalue weighted by molar-refractivity contribution is 5.39. The van der Waals surface area contributed by atoms with Gasteiger partial charge in [0.05, 0.1) is 0 Å². The van der Waals surface area contributed by atoms with Crippen molar-refractivity contribution in [3.05, 3.63) is 90.4 Å². The molecular formula is C18H17N3. The summed E-state index contributed by atoms with van der Waals surface area (Å²) in [7, 11) is 0. The van der Waals surface area contributed by atoms with Crippen molar-refractivity contribution in [2.45, 2.75) is 13.1 Å². The summed E-state index contributed by atoms with van der Waals surface area (Å²) in [6.45, 7) is 1.65. The maximum absolute atomic E-state index is 4.39. The molecule has 104 valence electrons. The fraction of sp³-hybridized carbons (Fsp3) is 0.111. The standard InChI is InChI=1S/C18H17N3/c1-3-7-16(8-4-1)13-21(18-11-12-19-15-20-18)14-17-9-5-2-6-10-17/h1-12,15H,13-14H2. The fourth-order valence-electron chi connectivity index (χ4n) is 2.30. The van der Waals surface area contributed by atoms with Crippen molar-refractivity contribution in [3.63, 3.8) is 0 Å². The maximum Gasteiger partial charge on any atom is 0.132 e. The first-order chi connectivity index (χ1) is 10.4. The molecule has 0 aliphatic heterocycles. The fourth-order valence-corrected chi connectivity index (χ4v) is 2.30. The van der Waals surface area contributed by atoms with Gasteiger partial charge < -0.3 is 4.90 Å². The van der Waals surface area contributed by atoms with E-state index in [2.05, 4.69) is 63.4 Å². The molecule has 3 aromatic rings. The Bertz CT molecular complexity index is 612. The first-order valence-electron chi connectivity index (χ1n) is 7.00. The molecule has 1 heterocycles. The van der Waals surface area contributed by atoms with E-state index in [1.807, 2.05) is 18.2 Å². The van der Waals surface area contributed by atoms with Crippen LogP contribution in [0.2, 0.25) is 0 Å². The molecule has 2 aromatic carbocycles. The van der Waals surface area contributed by atoms with E-state index in [4.69, 9.17) is 0 Å². The molecular weight excluding hydrogens is 258 g/mol. The predicted octanol–water partition coefficient (Wildman–Crippen LogP) is 3.68. The zero-order valence-electron chi connectivity index (χ0n) is 11.8. The Morgan fingerprint density at radius 3 is 1.76 bits per heavy atom. The monoisotopic (exact) mass is 275 g/mol. The third-order valence-electron chi connectivity index (χ3n) is 3.32. The van der Waals surface area contributed by atoms with E-state index in [-0.39, 0.29) is 0 Å². The molecule has 0 N–H and O–H groups in total. The molecule has 0 radical (unpaired) electrons. The topological polar surface area (TPSA) is 29.0 Å². The Labute approximate surface area is 124 Å². The van der Waals surface area contributed by atoms with Crippen LogP contribution in [-0.4, -0.2) is 9.97 Å². The first kappa shape index (κ1) is 13.3. The molecule has 0 bridgehead atoms. The van der Waals surface area contributed by atoms with Crippen LogP contribution >= 0.6 is 0 Å². The normalized spacial score (nSPS) is 10.3. The Kier molecular flexibility index (Phi) is 4.22. The number of hydrogen-bond donors (Lipinski definition) is 0. The predicted molar refractivity (Wildman–Crippen MR) is 84.8 cm³/mol. The molecule has 0 atom stereocenters. The van der Waals surface area contributed by atoms with Gasteiger partial charge in [0.1, 0.15) is 12.1 Å². The van der Waals surface area contributed by atoms with Crippen molar-refractivity contribution in [2.24, 2.45) is 0 Å². The highest BCUT2D eigenvalue weighted by Crippen LogP contribution is 2.17. The summed E-state index contributed by atoms with van der Waals surface area (Å²) in [6.07, 6.45) is 3.38. The SMILES string of the molecule is c1ccc(CN(Cc2ccccc2)c2ccncn2)cc1. The summed E-state index contributed by atoms with van der Waals surface area (Å²) in [5, 5.41) is 0. The average molecular weight is 275 g/mol. The van der Waals surface area contributed by atoms with E-state index in [9.17, 15) is 0 Å². The van der Waals surface area contributed by atoms with Gasteiger partial charge in [-0.1, -0.05) is 60.7 Å². The lowest BCUT2D eigenvalue weighted by Gasteiger charge is -2.23. The number of rotatable bonds is 5. The average Bonchev–Trinajstić information content (AvgIpc) is 2.57. The van der Waals surface area contributed by atoms with E-state index in [1.165, 1.54) is 11.1 Å². The molecule has 3 nitrogen and oxygen atoms in total. The van der Waals surface area contributed by atoms with Crippen LogP contribution in [0.5, 0.6) is 0 Å². The molecule has 0 spiro atoms. The van der Waals surface area contributed by atoms with E-state index in [1.54, 1.807) is 12.5 Å². The quantitative estimate of drug-likeness (QED) is 0.711. The minimum absolute atomic E-state index is 0.826. The summed E-state index contributed by atoms with van der Waals surface area (Å²) >= 11 is 0. The second kappa shape index (κ2) is 6.66. The smallest absolute Gasteiger partial charge is 0.132 e. The van der Waals surface area contributed by atoms with Gasteiger partial charge in [-0.25, -0.2) is 9.97 Å². The van der Waals surface area contributed by atoms with Crippen molar-refractivity contribution in [1.29, 1.82) is 0 Å². The summed E-state index contributed by atoms with van der Waals surface area (Å²) in [6, 6.07) is 22.8. The van der Waals surface area contributed by atoms with Crippen molar-refractivity contribution < 1.29 is 0 Å². The first-order valence-corrected chi connectivity index (χ1v) is 7.00. The Hall–Kier alpha value is -2.68. The van der Waals surface area contributed by atoms with Gasteiger partial charge in [-0.15, -0.1) is 0 Å². The lowest BCUT2D eigenvalue weighted by Crippen LogP contribution is -2.23. The minimum atomic E-state index is 0.826. The van der Waals surface area contributed by atoms with E-state index in [0.717, 1.165) is 18.9 Å².